The van der Waals surface area contributed by atoms with Crippen LogP contribution in [0, 0.1) is 0 Å². The number of ether oxygens (including phenoxy) is 1. The normalized spacial score (nSPS) is 14.7. The van der Waals surface area contributed by atoms with E-state index in [1.165, 1.54) is 0 Å². The summed E-state index contributed by atoms with van der Waals surface area (Å²) in [5, 5.41) is 0. The van der Waals surface area contributed by atoms with Gasteiger partial charge >= 0.3 is 0 Å². The summed E-state index contributed by atoms with van der Waals surface area (Å²) in [5.74, 6) is 1.54. The predicted octanol–water partition coefficient (Wildman–Crippen LogP) is 2.71. The van der Waals surface area contributed by atoms with Crippen molar-refractivity contribution in [1.82, 2.24) is 14.9 Å². The molecule has 6 nitrogen and oxygen atoms in total. The van der Waals surface area contributed by atoms with Crippen molar-refractivity contribution in [2.24, 2.45) is 0 Å². The Morgan fingerprint density at radius 3 is 2.37 bits per heavy atom. The Labute approximate surface area is 166 Å². The summed E-state index contributed by atoms with van der Waals surface area (Å²) in [4.78, 5) is 25.9. The molecule has 3 rings (SSSR count). The van der Waals surface area contributed by atoms with E-state index in [2.05, 4.69) is 33.6 Å². The first-order chi connectivity index (χ1) is 12.6. The summed E-state index contributed by atoms with van der Waals surface area (Å²) >= 11 is 0. The molecule has 2 aromatic rings. The molecule has 0 radical (unpaired) electrons. The minimum Gasteiger partial charge on any atom is -0.493 e. The molecule has 1 aliphatic heterocycles. The number of hydrogen-bond acceptors (Lipinski definition) is 6. The lowest BCUT2D eigenvalue weighted by Gasteiger charge is -2.34. The van der Waals surface area contributed by atoms with Gasteiger partial charge < -0.3 is 9.64 Å². The van der Waals surface area contributed by atoms with E-state index < -0.39 is 0 Å². The maximum Gasteiger partial charge on any atom is 0.225 e. The summed E-state index contributed by atoms with van der Waals surface area (Å²) in [6.45, 7) is 8.31. The molecule has 2 heterocycles. The topological polar surface area (TPSA) is 58.6 Å². The minimum atomic E-state index is -0.0202. The van der Waals surface area contributed by atoms with Gasteiger partial charge in [0.25, 0.3) is 0 Å². The molecule has 0 unspecified atom stereocenters. The summed E-state index contributed by atoms with van der Waals surface area (Å²) in [5.41, 5.74) is 1.86. The van der Waals surface area contributed by atoms with Crippen LogP contribution in [0.2, 0.25) is 0 Å². The van der Waals surface area contributed by atoms with Gasteiger partial charge in [-0.3, -0.25) is 9.69 Å². The molecule has 1 saturated heterocycles. The maximum atomic E-state index is 12.8. The lowest BCUT2D eigenvalue weighted by molar-refractivity contribution is 0.248. The molecule has 0 atom stereocenters. The first-order valence-corrected chi connectivity index (χ1v) is 9.04. The van der Waals surface area contributed by atoms with Crippen LogP contribution in [-0.4, -0.2) is 48.2 Å². The van der Waals surface area contributed by atoms with Gasteiger partial charge in [0, 0.05) is 50.7 Å². The molecule has 0 bridgehead atoms. The Balaban J connectivity index is 0.00000261. The third kappa shape index (κ3) is 5.17. The van der Waals surface area contributed by atoms with Crippen molar-refractivity contribution < 1.29 is 4.74 Å². The van der Waals surface area contributed by atoms with Gasteiger partial charge in [0.05, 0.1) is 7.11 Å². The highest BCUT2D eigenvalue weighted by atomic mass is 35.5. The van der Waals surface area contributed by atoms with Crippen LogP contribution in [-0.2, 0) is 6.54 Å². The molecule has 0 aliphatic carbocycles. The van der Waals surface area contributed by atoms with Crippen molar-refractivity contribution in [2.45, 2.75) is 26.3 Å². The monoisotopic (exact) mass is 390 g/mol. The third-order valence-corrected chi connectivity index (χ3v) is 4.78. The van der Waals surface area contributed by atoms with Crippen molar-refractivity contribution in [1.29, 1.82) is 0 Å². The molecular weight excluding hydrogens is 364 g/mol. The highest BCUT2D eigenvalue weighted by molar-refractivity contribution is 5.85. The molecule has 0 spiro atoms. The number of halogens is 1. The lowest BCUT2D eigenvalue weighted by atomic mass is 10.1. The first-order valence-electron chi connectivity index (χ1n) is 9.04. The van der Waals surface area contributed by atoms with E-state index in [1.54, 1.807) is 19.5 Å². The van der Waals surface area contributed by atoms with E-state index >= 15 is 0 Å². The summed E-state index contributed by atoms with van der Waals surface area (Å²) in [6.07, 6.45) is 3.53. The lowest BCUT2D eigenvalue weighted by Crippen LogP contribution is -2.46. The van der Waals surface area contributed by atoms with Gasteiger partial charge in [0.1, 0.15) is 0 Å². The number of hydrogen-bond donors (Lipinski definition) is 0. The van der Waals surface area contributed by atoms with Crippen molar-refractivity contribution >= 4 is 18.4 Å². The highest BCUT2D eigenvalue weighted by Gasteiger charge is 2.20. The van der Waals surface area contributed by atoms with Crippen LogP contribution in [0.1, 0.15) is 30.9 Å². The van der Waals surface area contributed by atoms with Gasteiger partial charge in [-0.25, -0.2) is 9.97 Å². The number of aromatic nitrogens is 2. The number of rotatable bonds is 5. The average Bonchev–Trinajstić information content (AvgIpc) is 2.82. The quantitative estimate of drug-likeness (QED) is 0.782. The summed E-state index contributed by atoms with van der Waals surface area (Å²) < 4.78 is 5.34. The van der Waals surface area contributed by atoms with E-state index in [0.717, 1.165) is 43.3 Å². The molecule has 1 aliphatic rings. The summed E-state index contributed by atoms with van der Waals surface area (Å²) in [6, 6.07) is 7.68. The van der Waals surface area contributed by atoms with Crippen LogP contribution < -0.4 is 15.1 Å². The van der Waals surface area contributed by atoms with Gasteiger partial charge in [-0.15, -0.1) is 12.4 Å². The molecular formula is C20H27ClN4O2. The smallest absolute Gasteiger partial charge is 0.225 e. The second-order valence-corrected chi connectivity index (χ2v) is 6.87. The summed E-state index contributed by atoms with van der Waals surface area (Å²) in [7, 11) is 1.56. The molecule has 0 amide bonds. The zero-order chi connectivity index (χ0) is 18.5. The van der Waals surface area contributed by atoms with Crippen LogP contribution in [0.25, 0.3) is 0 Å². The molecule has 0 saturated carbocycles. The van der Waals surface area contributed by atoms with E-state index in [-0.39, 0.29) is 17.8 Å². The molecule has 7 heteroatoms. The highest BCUT2D eigenvalue weighted by Crippen LogP contribution is 2.18. The van der Waals surface area contributed by atoms with Crippen molar-refractivity contribution in [3.8, 4) is 5.75 Å². The van der Waals surface area contributed by atoms with E-state index in [4.69, 9.17) is 4.74 Å². The Kier molecular flexibility index (Phi) is 7.56. The van der Waals surface area contributed by atoms with Crippen LogP contribution in [0.15, 0.2) is 41.5 Å². The molecule has 1 aromatic heterocycles. The van der Waals surface area contributed by atoms with Gasteiger partial charge in [-0.2, -0.15) is 0 Å². The van der Waals surface area contributed by atoms with E-state index in [9.17, 15) is 4.79 Å². The van der Waals surface area contributed by atoms with Gasteiger partial charge in [0.15, 0.2) is 5.75 Å². The van der Waals surface area contributed by atoms with Crippen LogP contribution in [0.4, 0.5) is 5.95 Å². The second kappa shape index (κ2) is 9.67. The number of methoxy groups -OCH3 is 1. The van der Waals surface area contributed by atoms with E-state index in [1.807, 2.05) is 24.3 Å². The van der Waals surface area contributed by atoms with Crippen molar-refractivity contribution in [3.05, 3.63) is 58.0 Å². The zero-order valence-electron chi connectivity index (χ0n) is 16.1. The van der Waals surface area contributed by atoms with Crippen LogP contribution in [0.3, 0.4) is 0 Å². The first kappa shape index (κ1) is 21.1. The number of anilines is 1. The van der Waals surface area contributed by atoms with Crippen LogP contribution >= 0.6 is 12.4 Å². The second-order valence-electron chi connectivity index (χ2n) is 6.87. The largest absolute Gasteiger partial charge is 0.493 e. The minimum absolute atomic E-state index is 0. The fraction of sp³-hybridized carbons (Fsp3) is 0.450. The maximum absolute atomic E-state index is 12.8. The fourth-order valence-electron chi connectivity index (χ4n) is 3.13. The molecule has 1 aromatic carbocycles. The van der Waals surface area contributed by atoms with Crippen molar-refractivity contribution in [2.75, 3.05) is 38.2 Å². The van der Waals surface area contributed by atoms with Crippen molar-refractivity contribution in [3.63, 3.8) is 0 Å². The Morgan fingerprint density at radius 2 is 1.78 bits per heavy atom. The number of piperazine rings is 1. The SMILES string of the molecule is COc1cc(C(C)C)ccc(CN2CCN(c3ncccn3)CC2)c1=O.Cl. The standard InChI is InChI=1S/C20H26N4O2.ClH/c1-15(2)16-5-6-17(19(25)18(13-16)26-3)14-23-9-11-24(12-10-23)20-21-7-4-8-22-20;/h4-8,13,15H,9-12,14H2,1-3H3;1H. The third-order valence-electron chi connectivity index (χ3n) is 4.78. The zero-order valence-corrected chi connectivity index (χ0v) is 16.9. The van der Waals surface area contributed by atoms with Gasteiger partial charge in [-0.1, -0.05) is 26.0 Å². The van der Waals surface area contributed by atoms with Crippen LogP contribution in [0.5, 0.6) is 5.75 Å². The van der Waals surface area contributed by atoms with Gasteiger partial charge in [-0.05, 0) is 23.6 Å². The Morgan fingerprint density at radius 1 is 1.11 bits per heavy atom. The molecule has 146 valence electrons. The predicted molar refractivity (Wildman–Crippen MR) is 110 cm³/mol. The van der Waals surface area contributed by atoms with E-state index in [0.29, 0.717) is 18.2 Å². The number of nitrogens with zero attached hydrogens (tertiary/aromatic N) is 4. The van der Waals surface area contributed by atoms with Gasteiger partial charge in [0.2, 0.25) is 11.4 Å². The molecule has 1 fully saturated rings. The molecule has 27 heavy (non-hydrogen) atoms. The Hall–Kier alpha value is -2.18. The Bertz CT molecular complexity index is 794. The average molecular weight is 391 g/mol. The molecule has 0 N–H and O–H groups in total. The fourth-order valence-corrected chi connectivity index (χ4v) is 3.13.